The summed E-state index contributed by atoms with van der Waals surface area (Å²) >= 11 is 0. The van der Waals surface area contributed by atoms with Crippen molar-refractivity contribution >= 4 is 12.2 Å². The Bertz CT molecular complexity index is 302. The van der Waals surface area contributed by atoms with Crippen LogP contribution >= 0.6 is 0 Å². The van der Waals surface area contributed by atoms with E-state index in [-0.39, 0.29) is 6.09 Å². The van der Waals surface area contributed by atoms with Crippen LogP contribution < -0.4 is 5.32 Å². The van der Waals surface area contributed by atoms with Crippen LogP contribution in [-0.2, 0) is 9.53 Å². The molecule has 122 valence electrons. The molecule has 5 nitrogen and oxygen atoms in total. The highest BCUT2D eigenvalue weighted by molar-refractivity contribution is 5.67. The van der Waals surface area contributed by atoms with Crippen LogP contribution in [0.1, 0.15) is 65.2 Å². The third-order valence-corrected chi connectivity index (χ3v) is 3.54. The zero-order valence-corrected chi connectivity index (χ0v) is 13.5. The van der Waals surface area contributed by atoms with E-state index < -0.39 is 0 Å². The van der Waals surface area contributed by atoms with Crippen molar-refractivity contribution in [3.63, 3.8) is 0 Å². The number of carbonyl (C=O) groups excluding carboxylic acids is 2. The molecule has 1 atom stereocenters. The second-order valence-electron chi connectivity index (χ2n) is 5.32. The second-order valence-corrected chi connectivity index (χ2v) is 5.32. The van der Waals surface area contributed by atoms with Gasteiger partial charge in [0.25, 0.3) is 0 Å². The van der Waals surface area contributed by atoms with Gasteiger partial charge in [0, 0.05) is 6.54 Å². The van der Waals surface area contributed by atoms with Gasteiger partial charge < -0.3 is 10.1 Å². The highest BCUT2D eigenvalue weighted by Gasteiger charge is 2.08. The van der Waals surface area contributed by atoms with Crippen LogP contribution in [0.25, 0.3) is 0 Å². The molecule has 0 aromatic carbocycles. The van der Waals surface area contributed by atoms with Crippen molar-refractivity contribution in [3.05, 3.63) is 0 Å². The van der Waals surface area contributed by atoms with Crippen molar-refractivity contribution in [2.45, 2.75) is 65.2 Å². The summed E-state index contributed by atoms with van der Waals surface area (Å²) in [5.74, 6) is 0.552. The molecule has 0 spiro atoms. The maximum Gasteiger partial charge on any atom is 0.407 e. The van der Waals surface area contributed by atoms with Crippen molar-refractivity contribution < 1.29 is 14.3 Å². The van der Waals surface area contributed by atoms with Crippen molar-refractivity contribution in [3.8, 4) is 0 Å². The number of aliphatic imine (C=N–C) groups is 1. The van der Waals surface area contributed by atoms with Crippen molar-refractivity contribution in [2.24, 2.45) is 10.9 Å². The Morgan fingerprint density at radius 1 is 1.19 bits per heavy atom. The number of isocyanates is 1. The molecule has 0 rings (SSSR count). The summed E-state index contributed by atoms with van der Waals surface area (Å²) in [7, 11) is 0. The van der Waals surface area contributed by atoms with Gasteiger partial charge in [-0.1, -0.05) is 39.5 Å². The van der Waals surface area contributed by atoms with Crippen LogP contribution in [0, 0.1) is 5.92 Å². The largest absolute Gasteiger partial charge is 0.450 e. The molecular weight excluding hydrogens is 268 g/mol. The van der Waals surface area contributed by atoms with E-state index in [1.807, 2.05) is 0 Å². The van der Waals surface area contributed by atoms with Crippen LogP contribution in [0.4, 0.5) is 4.79 Å². The molecule has 0 aliphatic carbocycles. The molecule has 0 aromatic heterocycles. The van der Waals surface area contributed by atoms with Gasteiger partial charge in [-0.15, -0.1) is 0 Å². The molecular formula is C16H30N2O3. The van der Waals surface area contributed by atoms with Crippen LogP contribution in [-0.4, -0.2) is 31.9 Å². The first kappa shape index (κ1) is 19.7. The van der Waals surface area contributed by atoms with Crippen molar-refractivity contribution in [1.29, 1.82) is 0 Å². The van der Waals surface area contributed by atoms with Crippen molar-refractivity contribution in [1.82, 2.24) is 5.32 Å². The average Bonchev–Trinajstić information content (AvgIpc) is 2.50. The first-order chi connectivity index (χ1) is 10.2. The van der Waals surface area contributed by atoms with Gasteiger partial charge in [0.05, 0.1) is 13.2 Å². The smallest absolute Gasteiger partial charge is 0.407 e. The third kappa shape index (κ3) is 13.4. The van der Waals surface area contributed by atoms with Gasteiger partial charge in [0.1, 0.15) is 0 Å². The summed E-state index contributed by atoms with van der Waals surface area (Å²) in [4.78, 5) is 24.9. The van der Waals surface area contributed by atoms with E-state index in [4.69, 9.17) is 4.74 Å². The minimum Gasteiger partial charge on any atom is -0.450 e. The van der Waals surface area contributed by atoms with Crippen LogP contribution in [0.3, 0.4) is 0 Å². The van der Waals surface area contributed by atoms with Gasteiger partial charge in [0.15, 0.2) is 0 Å². The number of rotatable bonds is 13. The number of nitrogens with zero attached hydrogens (tertiary/aromatic N) is 1. The molecule has 0 aliphatic heterocycles. The molecule has 5 heteroatoms. The molecule has 0 fully saturated rings. The lowest BCUT2D eigenvalue weighted by atomic mass is 10.00. The minimum atomic E-state index is -0.310. The van der Waals surface area contributed by atoms with Gasteiger partial charge in [-0.25, -0.2) is 14.6 Å². The molecule has 0 heterocycles. The highest BCUT2D eigenvalue weighted by Crippen LogP contribution is 2.11. The van der Waals surface area contributed by atoms with E-state index >= 15 is 0 Å². The molecule has 0 bridgehead atoms. The van der Waals surface area contributed by atoms with Gasteiger partial charge in [-0.05, 0) is 31.6 Å². The standard InChI is InChI=1S/C16H30N2O3/c1-3-5-10-15(4-2)13-18-16(20)21-12-9-7-6-8-11-17-14-19/h15H,3-13H2,1-2H3,(H,18,20). The zero-order valence-electron chi connectivity index (χ0n) is 13.5. The molecule has 21 heavy (non-hydrogen) atoms. The maximum atomic E-state index is 11.5. The number of carbonyl (C=O) groups is 1. The Balaban J connectivity index is 3.46. The molecule has 0 aromatic rings. The third-order valence-electron chi connectivity index (χ3n) is 3.54. The van der Waals surface area contributed by atoms with Crippen LogP contribution in [0.5, 0.6) is 0 Å². The molecule has 0 saturated carbocycles. The zero-order chi connectivity index (χ0) is 15.8. The molecule has 0 aliphatic rings. The number of alkyl carbamates (subject to hydrolysis) is 1. The second kappa shape index (κ2) is 15.0. The van der Waals surface area contributed by atoms with Crippen LogP contribution in [0.2, 0.25) is 0 Å². The summed E-state index contributed by atoms with van der Waals surface area (Å²) in [6.07, 6.45) is 9.58. The lowest BCUT2D eigenvalue weighted by molar-refractivity contribution is 0.141. The number of hydrogen-bond acceptors (Lipinski definition) is 4. The lowest BCUT2D eigenvalue weighted by Crippen LogP contribution is -2.30. The summed E-state index contributed by atoms with van der Waals surface area (Å²) in [5, 5.41) is 2.84. The normalized spacial score (nSPS) is 11.5. The van der Waals surface area contributed by atoms with E-state index in [2.05, 4.69) is 24.2 Å². The molecule has 0 radical (unpaired) electrons. The minimum absolute atomic E-state index is 0.310. The van der Waals surface area contributed by atoms with Crippen LogP contribution in [0.15, 0.2) is 4.99 Å². The fourth-order valence-electron chi connectivity index (χ4n) is 2.08. The summed E-state index contributed by atoms with van der Waals surface area (Å²) in [6.45, 7) is 6.04. The summed E-state index contributed by atoms with van der Waals surface area (Å²) in [5.41, 5.74) is 0. The number of unbranched alkanes of at least 4 members (excludes halogenated alkanes) is 4. The topological polar surface area (TPSA) is 67.8 Å². The fraction of sp³-hybridized carbons (Fsp3) is 0.875. The average molecular weight is 298 g/mol. The van der Waals surface area contributed by atoms with E-state index in [0.29, 0.717) is 25.6 Å². The van der Waals surface area contributed by atoms with E-state index in [9.17, 15) is 9.59 Å². The molecule has 1 unspecified atom stereocenters. The molecule has 1 N–H and O–H groups in total. The highest BCUT2D eigenvalue weighted by atomic mass is 16.5. The van der Waals surface area contributed by atoms with Gasteiger partial charge in [-0.2, -0.15) is 0 Å². The van der Waals surface area contributed by atoms with Gasteiger partial charge in [0.2, 0.25) is 6.08 Å². The predicted octanol–water partition coefficient (Wildman–Crippen LogP) is 3.83. The maximum absolute atomic E-state index is 11.5. The monoisotopic (exact) mass is 298 g/mol. The summed E-state index contributed by atoms with van der Waals surface area (Å²) < 4.78 is 5.13. The van der Waals surface area contributed by atoms with E-state index in [0.717, 1.165) is 38.5 Å². The lowest BCUT2D eigenvalue weighted by Gasteiger charge is -2.15. The van der Waals surface area contributed by atoms with E-state index in [1.165, 1.54) is 18.9 Å². The Morgan fingerprint density at radius 2 is 1.95 bits per heavy atom. The predicted molar refractivity (Wildman–Crippen MR) is 84.1 cm³/mol. The first-order valence-electron chi connectivity index (χ1n) is 8.18. The number of nitrogens with one attached hydrogen (secondary N) is 1. The van der Waals surface area contributed by atoms with Gasteiger partial charge in [-0.3, -0.25) is 0 Å². The SMILES string of the molecule is CCCCC(CC)CNC(=O)OCCCCCCN=C=O. The Hall–Kier alpha value is -1.35. The van der Waals surface area contributed by atoms with Crippen molar-refractivity contribution in [2.75, 3.05) is 19.7 Å². The Labute approximate surface area is 128 Å². The fourth-order valence-corrected chi connectivity index (χ4v) is 2.08. The van der Waals surface area contributed by atoms with Gasteiger partial charge >= 0.3 is 6.09 Å². The quantitative estimate of drug-likeness (QED) is 0.319. The molecule has 1 amide bonds. The first-order valence-corrected chi connectivity index (χ1v) is 8.18. The number of ether oxygens (including phenoxy) is 1. The number of amides is 1. The Kier molecular flexibility index (Phi) is 14.1. The molecule has 0 saturated heterocycles. The van der Waals surface area contributed by atoms with E-state index in [1.54, 1.807) is 0 Å². The Morgan fingerprint density at radius 3 is 2.62 bits per heavy atom. The number of hydrogen-bond donors (Lipinski definition) is 1. The summed E-state index contributed by atoms with van der Waals surface area (Å²) in [6, 6.07) is 0.